The minimum Gasteiger partial charge on any atom is -0.394 e. The number of aliphatic hydroxyl groups is 3. The van der Waals surface area contributed by atoms with Crippen LogP contribution in [-0.4, -0.2) is 67.9 Å². The van der Waals surface area contributed by atoms with Crippen LogP contribution in [0, 0.1) is 0 Å². The lowest BCUT2D eigenvalue weighted by Gasteiger charge is -2.30. The van der Waals surface area contributed by atoms with Crippen LogP contribution in [0.5, 0.6) is 0 Å². The Hall–Kier alpha value is -0.680. The first kappa shape index (κ1) is 19.3. The first-order valence-corrected chi connectivity index (χ1v) is 6.96. The average Bonchev–Trinajstić information content (AvgIpc) is 2.39. The fraction of sp³-hybridized carbons (Fsp3) is 0.667. The summed E-state index contributed by atoms with van der Waals surface area (Å²) in [5, 5.41) is 27.6. The number of nitrogens with two attached hydrogens (primary N) is 2. The number of carbonyl (C=O) groups excluding carboxylic acids is 1. The Bertz CT molecular complexity index is 386. The maximum Gasteiger partial charge on any atom is 0.470 e. The highest BCUT2D eigenvalue weighted by Crippen LogP contribution is 2.39. The van der Waals surface area contributed by atoms with E-state index >= 15 is 0 Å². The monoisotopic (exact) mass is 314 g/mol. The van der Waals surface area contributed by atoms with E-state index in [0.717, 1.165) is 6.08 Å². The van der Waals surface area contributed by atoms with Crippen molar-refractivity contribution in [2.45, 2.75) is 30.4 Å². The zero-order chi connectivity index (χ0) is 16.1. The second-order valence-electron chi connectivity index (χ2n) is 3.99. The van der Waals surface area contributed by atoms with Crippen molar-refractivity contribution in [1.82, 2.24) is 0 Å². The molecule has 118 valence electrons. The number of phosphoric acid groups is 1. The predicted octanol–water partition coefficient (Wildman–Crippen LogP) is -3.41. The molecule has 0 rings (SSSR count). The summed E-state index contributed by atoms with van der Waals surface area (Å²) in [7, 11) is -5.11. The predicted molar refractivity (Wildman–Crippen MR) is 67.2 cm³/mol. The molecule has 9 N–H and O–H groups in total. The molecule has 0 fully saturated rings. The van der Waals surface area contributed by atoms with Gasteiger partial charge in [0.2, 0.25) is 0 Å². The second kappa shape index (κ2) is 7.93. The molecule has 5 atom stereocenters. The van der Waals surface area contributed by atoms with Gasteiger partial charge in [0.25, 0.3) is 0 Å². The number of Topliss-reactive ketones (excluding diaryl/α,β-unsaturated/α-hetero) is 1. The van der Waals surface area contributed by atoms with Crippen LogP contribution < -0.4 is 11.5 Å². The molecule has 20 heavy (non-hydrogen) atoms. The Kier molecular flexibility index (Phi) is 7.66. The molecule has 0 heterocycles. The minimum atomic E-state index is -5.11. The van der Waals surface area contributed by atoms with Crippen LogP contribution in [0.3, 0.4) is 0 Å². The zero-order valence-electron chi connectivity index (χ0n) is 10.4. The quantitative estimate of drug-likeness (QED) is 0.166. The standard InChI is InChI=1S/C9H19N2O8P/c1-2-4(10)7(14)6(11)9(19-20(16,17)18)8(15)5(13)3-12/h2,4-6,8-9,12-13,15H,1,3,10-11H2,(H2,16,17,18)/t4?,5-,6+,8-,9-/m1/s1. The number of rotatable bonds is 9. The average molecular weight is 314 g/mol. The van der Waals surface area contributed by atoms with Gasteiger partial charge in [-0.05, 0) is 0 Å². The summed E-state index contributed by atoms with van der Waals surface area (Å²) in [6, 6.07) is -2.99. The fourth-order valence-electron chi connectivity index (χ4n) is 1.33. The molecule has 0 aromatic heterocycles. The number of carbonyl (C=O) groups is 1. The lowest BCUT2D eigenvalue weighted by Crippen LogP contribution is -2.56. The van der Waals surface area contributed by atoms with Gasteiger partial charge in [0.1, 0.15) is 18.3 Å². The summed E-state index contributed by atoms with van der Waals surface area (Å²) < 4.78 is 15.0. The molecule has 0 saturated carbocycles. The van der Waals surface area contributed by atoms with Gasteiger partial charge < -0.3 is 36.6 Å². The lowest BCUT2D eigenvalue weighted by molar-refractivity contribution is -0.128. The Morgan fingerprint density at radius 2 is 1.85 bits per heavy atom. The summed E-state index contributed by atoms with van der Waals surface area (Å²) in [5.74, 6) is -0.914. The third-order valence-corrected chi connectivity index (χ3v) is 2.96. The van der Waals surface area contributed by atoms with Crippen molar-refractivity contribution in [3.05, 3.63) is 12.7 Å². The van der Waals surface area contributed by atoms with E-state index in [1.54, 1.807) is 0 Å². The Balaban J connectivity index is 5.25. The first-order valence-electron chi connectivity index (χ1n) is 5.43. The van der Waals surface area contributed by atoms with Crippen LogP contribution in [0.25, 0.3) is 0 Å². The first-order chi connectivity index (χ1) is 9.05. The molecule has 0 radical (unpaired) electrons. The van der Waals surface area contributed by atoms with Crippen LogP contribution in [0.4, 0.5) is 0 Å². The maximum atomic E-state index is 11.7. The summed E-state index contributed by atoms with van der Waals surface area (Å²) in [4.78, 5) is 29.2. The van der Waals surface area contributed by atoms with Gasteiger partial charge in [-0.25, -0.2) is 4.57 Å². The van der Waals surface area contributed by atoms with Gasteiger partial charge in [-0.1, -0.05) is 6.08 Å². The van der Waals surface area contributed by atoms with Crippen molar-refractivity contribution in [2.75, 3.05) is 6.61 Å². The van der Waals surface area contributed by atoms with Crippen LogP contribution in [0.1, 0.15) is 0 Å². The molecule has 0 aromatic rings. The summed E-state index contributed by atoms with van der Waals surface area (Å²) in [5.41, 5.74) is 10.8. The Labute approximate surface area is 114 Å². The van der Waals surface area contributed by atoms with E-state index in [2.05, 4.69) is 11.1 Å². The minimum absolute atomic E-state index is 0.914. The van der Waals surface area contributed by atoms with E-state index in [1.807, 2.05) is 0 Å². The van der Waals surface area contributed by atoms with E-state index in [0.29, 0.717) is 0 Å². The van der Waals surface area contributed by atoms with E-state index < -0.39 is 50.6 Å². The van der Waals surface area contributed by atoms with Gasteiger partial charge in [0.05, 0.1) is 18.7 Å². The maximum absolute atomic E-state index is 11.7. The molecule has 0 aliphatic rings. The van der Waals surface area contributed by atoms with Crippen molar-refractivity contribution in [3.8, 4) is 0 Å². The van der Waals surface area contributed by atoms with Crippen molar-refractivity contribution in [1.29, 1.82) is 0 Å². The van der Waals surface area contributed by atoms with E-state index in [-0.39, 0.29) is 0 Å². The van der Waals surface area contributed by atoms with Crippen molar-refractivity contribution in [2.24, 2.45) is 11.5 Å². The van der Waals surface area contributed by atoms with Gasteiger partial charge in [-0.3, -0.25) is 9.32 Å². The lowest BCUT2D eigenvalue weighted by atomic mass is 9.95. The van der Waals surface area contributed by atoms with Gasteiger partial charge in [-0.15, -0.1) is 6.58 Å². The number of hydrogen-bond donors (Lipinski definition) is 7. The molecule has 0 bridgehead atoms. The van der Waals surface area contributed by atoms with Crippen LogP contribution in [0.2, 0.25) is 0 Å². The number of phosphoric ester groups is 1. The van der Waals surface area contributed by atoms with Crippen LogP contribution in [0.15, 0.2) is 12.7 Å². The molecule has 0 aromatic carbocycles. The number of aliphatic hydroxyl groups excluding tert-OH is 3. The van der Waals surface area contributed by atoms with E-state index in [9.17, 15) is 19.6 Å². The summed E-state index contributed by atoms with van der Waals surface area (Å²) in [6.45, 7) is 2.31. The molecule has 0 saturated heterocycles. The highest BCUT2D eigenvalue weighted by atomic mass is 31.2. The highest BCUT2D eigenvalue weighted by Gasteiger charge is 2.40. The molecule has 11 heteroatoms. The molecule has 0 aliphatic carbocycles. The molecule has 0 spiro atoms. The molecular formula is C9H19N2O8P. The summed E-state index contributed by atoms with van der Waals surface area (Å²) in [6.07, 6.45) is -4.75. The highest BCUT2D eigenvalue weighted by molar-refractivity contribution is 7.46. The smallest absolute Gasteiger partial charge is 0.394 e. The Morgan fingerprint density at radius 3 is 2.20 bits per heavy atom. The van der Waals surface area contributed by atoms with Crippen molar-refractivity contribution < 1.29 is 39.0 Å². The Morgan fingerprint density at radius 1 is 1.35 bits per heavy atom. The molecule has 10 nitrogen and oxygen atoms in total. The van der Waals surface area contributed by atoms with Crippen molar-refractivity contribution >= 4 is 13.6 Å². The third kappa shape index (κ3) is 5.75. The fourth-order valence-corrected chi connectivity index (χ4v) is 1.90. The molecular weight excluding hydrogens is 295 g/mol. The van der Waals surface area contributed by atoms with E-state index in [1.165, 1.54) is 0 Å². The molecule has 0 amide bonds. The largest absolute Gasteiger partial charge is 0.470 e. The van der Waals surface area contributed by atoms with Gasteiger partial charge >= 0.3 is 7.82 Å². The molecule has 0 aliphatic heterocycles. The normalized spacial score (nSPS) is 19.8. The number of ketones is 1. The molecule has 1 unspecified atom stereocenters. The zero-order valence-corrected chi connectivity index (χ0v) is 11.3. The topological polar surface area (TPSA) is 197 Å². The van der Waals surface area contributed by atoms with Gasteiger partial charge in [0, 0.05) is 0 Å². The van der Waals surface area contributed by atoms with Gasteiger partial charge in [0.15, 0.2) is 5.78 Å². The van der Waals surface area contributed by atoms with Crippen LogP contribution >= 0.6 is 7.82 Å². The number of hydrogen-bond acceptors (Lipinski definition) is 8. The summed E-state index contributed by atoms with van der Waals surface area (Å²) >= 11 is 0. The van der Waals surface area contributed by atoms with Crippen molar-refractivity contribution in [3.63, 3.8) is 0 Å². The second-order valence-corrected chi connectivity index (χ2v) is 5.18. The van der Waals surface area contributed by atoms with Gasteiger partial charge in [-0.2, -0.15) is 0 Å². The van der Waals surface area contributed by atoms with E-state index in [4.69, 9.17) is 26.4 Å². The van der Waals surface area contributed by atoms with Crippen LogP contribution in [-0.2, 0) is 13.9 Å². The third-order valence-electron chi connectivity index (χ3n) is 2.44. The SMILES string of the molecule is C=CC(N)C(=O)[C@H](N)[C@@H](OP(=O)(O)O)[C@H](O)[C@H](O)CO.